The molecule has 1 aromatic heterocycles. The maximum absolute atomic E-state index is 12.5. The molecule has 0 radical (unpaired) electrons. The zero-order chi connectivity index (χ0) is 15.3. The molecule has 0 atom stereocenters. The van der Waals surface area contributed by atoms with Gasteiger partial charge in [0, 0.05) is 19.1 Å². The van der Waals surface area contributed by atoms with E-state index in [1.807, 2.05) is 0 Å². The van der Waals surface area contributed by atoms with Crippen molar-refractivity contribution in [2.45, 2.75) is 50.7 Å². The summed E-state index contributed by atoms with van der Waals surface area (Å²) in [6.45, 7) is -1.10. The van der Waals surface area contributed by atoms with E-state index >= 15 is 0 Å². The van der Waals surface area contributed by atoms with Gasteiger partial charge in [-0.2, -0.15) is 18.2 Å². The van der Waals surface area contributed by atoms with E-state index < -0.39 is 12.7 Å². The van der Waals surface area contributed by atoms with Gasteiger partial charge in [0.1, 0.15) is 0 Å². The van der Waals surface area contributed by atoms with Gasteiger partial charge >= 0.3 is 6.18 Å². The normalized spacial score (nSPS) is 17.0. The first kappa shape index (κ1) is 16.2. The fraction of sp³-hybridized carbons (Fsp3) is 0.846. The van der Waals surface area contributed by atoms with Gasteiger partial charge in [0.05, 0.1) is 13.1 Å². The zero-order valence-electron chi connectivity index (χ0n) is 11.8. The van der Waals surface area contributed by atoms with Crippen molar-refractivity contribution in [1.29, 1.82) is 0 Å². The average Bonchev–Trinajstić information content (AvgIpc) is 3.04. The van der Waals surface area contributed by atoms with Crippen molar-refractivity contribution >= 4 is 0 Å². The van der Waals surface area contributed by atoms with Crippen molar-refractivity contribution < 1.29 is 22.8 Å². The van der Waals surface area contributed by atoms with Crippen LogP contribution in [0, 0.1) is 0 Å². The number of aliphatic hydroxyl groups excluding tert-OH is 1. The summed E-state index contributed by atoms with van der Waals surface area (Å²) < 4.78 is 42.6. The molecule has 0 spiro atoms. The van der Waals surface area contributed by atoms with Crippen molar-refractivity contribution in [3.63, 3.8) is 0 Å². The largest absolute Gasteiger partial charge is 0.401 e. The third kappa shape index (κ3) is 5.28. The van der Waals surface area contributed by atoms with Crippen molar-refractivity contribution in [1.82, 2.24) is 15.0 Å². The summed E-state index contributed by atoms with van der Waals surface area (Å²) in [6.07, 6.45) is 0.269. The summed E-state index contributed by atoms with van der Waals surface area (Å²) in [5.74, 6) is 1.09. The van der Waals surface area contributed by atoms with Crippen LogP contribution in [0.4, 0.5) is 13.2 Å². The monoisotopic (exact) mass is 307 g/mol. The van der Waals surface area contributed by atoms with Gasteiger partial charge in [-0.15, -0.1) is 0 Å². The van der Waals surface area contributed by atoms with Gasteiger partial charge in [0.15, 0.2) is 5.82 Å². The molecule has 5 nitrogen and oxygen atoms in total. The second kappa shape index (κ2) is 7.22. The molecule has 1 saturated carbocycles. The number of rotatable bonds is 7. The Morgan fingerprint density at radius 1 is 1.29 bits per heavy atom. The van der Waals surface area contributed by atoms with Crippen molar-refractivity contribution in [3.8, 4) is 0 Å². The van der Waals surface area contributed by atoms with Crippen LogP contribution in [0.2, 0.25) is 0 Å². The Kier molecular flexibility index (Phi) is 5.58. The second-order valence-electron chi connectivity index (χ2n) is 5.43. The molecular weight excluding hydrogens is 287 g/mol. The molecule has 120 valence electrons. The van der Waals surface area contributed by atoms with Crippen LogP contribution < -0.4 is 0 Å². The molecule has 1 N–H and O–H groups in total. The van der Waals surface area contributed by atoms with Crippen LogP contribution >= 0.6 is 0 Å². The number of aliphatic hydroxyl groups is 1. The highest BCUT2D eigenvalue weighted by Crippen LogP contribution is 2.32. The second-order valence-corrected chi connectivity index (χ2v) is 5.43. The molecule has 0 amide bonds. The SMILES string of the molecule is OCCCN(Cc1nc(C2CCCC2)no1)CC(F)(F)F. The zero-order valence-corrected chi connectivity index (χ0v) is 11.8. The van der Waals surface area contributed by atoms with E-state index in [1.54, 1.807) is 0 Å². The predicted molar refractivity (Wildman–Crippen MR) is 68.5 cm³/mol. The topological polar surface area (TPSA) is 62.4 Å². The fourth-order valence-electron chi connectivity index (χ4n) is 2.64. The predicted octanol–water partition coefficient (Wildman–Crippen LogP) is 2.47. The molecule has 0 bridgehead atoms. The van der Waals surface area contributed by atoms with Crippen LogP contribution in [0.25, 0.3) is 0 Å². The summed E-state index contributed by atoms with van der Waals surface area (Å²) in [7, 11) is 0. The number of aromatic nitrogens is 2. The Labute approximate surface area is 121 Å². The van der Waals surface area contributed by atoms with Gasteiger partial charge in [0.2, 0.25) is 5.89 Å². The van der Waals surface area contributed by atoms with Gasteiger partial charge in [-0.1, -0.05) is 18.0 Å². The van der Waals surface area contributed by atoms with E-state index in [9.17, 15) is 13.2 Å². The molecule has 0 unspecified atom stereocenters. The lowest BCUT2D eigenvalue weighted by Gasteiger charge is -2.21. The minimum absolute atomic E-state index is 0.0424. The first-order valence-corrected chi connectivity index (χ1v) is 7.20. The van der Waals surface area contributed by atoms with E-state index in [2.05, 4.69) is 10.1 Å². The van der Waals surface area contributed by atoms with Crippen LogP contribution in [0.3, 0.4) is 0 Å². The van der Waals surface area contributed by atoms with E-state index in [4.69, 9.17) is 9.63 Å². The first-order chi connectivity index (χ1) is 9.98. The molecule has 1 aliphatic rings. The quantitative estimate of drug-likeness (QED) is 0.838. The van der Waals surface area contributed by atoms with Crippen LogP contribution in [-0.4, -0.2) is 46.0 Å². The molecule has 2 rings (SSSR count). The first-order valence-electron chi connectivity index (χ1n) is 7.20. The molecule has 0 saturated heterocycles. The van der Waals surface area contributed by atoms with E-state index in [-0.39, 0.29) is 37.9 Å². The van der Waals surface area contributed by atoms with Gasteiger partial charge in [-0.25, -0.2) is 0 Å². The number of halogens is 3. The van der Waals surface area contributed by atoms with Crippen molar-refractivity contribution in [2.75, 3.05) is 19.7 Å². The fourth-order valence-corrected chi connectivity index (χ4v) is 2.64. The molecule has 1 aromatic rings. The van der Waals surface area contributed by atoms with Gasteiger partial charge < -0.3 is 9.63 Å². The Morgan fingerprint density at radius 3 is 2.62 bits per heavy atom. The number of nitrogens with zero attached hydrogens (tertiary/aromatic N) is 3. The summed E-state index contributed by atoms with van der Waals surface area (Å²) in [5.41, 5.74) is 0. The maximum Gasteiger partial charge on any atom is 0.401 e. The highest BCUT2D eigenvalue weighted by atomic mass is 19.4. The Morgan fingerprint density at radius 2 is 2.00 bits per heavy atom. The van der Waals surface area contributed by atoms with E-state index in [0.29, 0.717) is 5.82 Å². The third-order valence-corrected chi connectivity index (χ3v) is 3.60. The highest BCUT2D eigenvalue weighted by Gasteiger charge is 2.31. The third-order valence-electron chi connectivity index (χ3n) is 3.60. The highest BCUT2D eigenvalue weighted by molar-refractivity contribution is 4.97. The molecule has 0 aliphatic heterocycles. The minimum Gasteiger partial charge on any atom is -0.396 e. The van der Waals surface area contributed by atoms with Crippen LogP contribution in [0.5, 0.6) is 0 Å². The van der Waals surface area contributed by atoms with Crippen molar-refractivity contribution in [2.24, 2.45) is 0 Å². The number of alkyl halides is 3. The van der Waals surface area contributed by atoms with E-state index in [0.717, 1.165) is 25.7 Å². The molecule has 8 heteroatoms. The Hall–Kier alpha value is -1.15. The molecule has 1 heterocycles. The van der Waals surface area contributed by atoms with E-state index in [1.165, 1.54) is 4.90 Å². The molecule has 1 aliphatic carbocycles. The van der Waals surface area contributed by atoms with Crippen LogP contribution in [0.15, 0.2) is 4.52 Å². The number of hydrogen-bond acceptors (Lipinski definition) is 5. The smallest absolute Gasteiger partial charge is 0.396 e. The molecule has 0 aromatic carbocycles. The summed E-state index contributed by atoms with van der Waals surface area (Å²) in [4.78, 5) is 5.39. The van der Waals surface area contributed by atoms with Crippen LogP contribution in [0.1, 0.15) is 49.7 Å². The lowest BCUT2D eigenvalue weighted by atomic mass is 10.1. The van der Waals surface area contributed by atoms with Crippen LogP contribution in [-0.2, 0) is 6.54 Å². The summed E-state index contributed by atoms with van der Waals surface area (Å²) in [5, 5.41) is 12.7. The average molecular weight is 307 g/mol. The Balaban J connectivity index is 1.95. The molecule has 1 fully saturated rings. The molecular formula is C13H20F3N3O2. The Bertz CT molecular complexity index is 431. The molecule has 21 heavy (non-hydrogen) atoms. The standard InChI is InChI=1S/C13H20F3N3O2/c14-13(15,16)9-19(6-3-7-20)8-11-17-12(18-21-11)10-4-1-2-5-10/h10,20H,1-9H2. The van der Waals surface area contributed by atoms with Gasteiger partial charge in [0.25, 0.3) is 0 Å². The van der Waals surface area contributed by atoms with Crippen molar-refractivity contribution in [3.05, 3.63) is 11.7 Å². The maximum atomic E-state index is 12.5. The minimum atomic E-state index is -4.29. The lowest BCUT2D eigenvalue weighted by molar-refractivity contribution is -0.148. The summed E-state index contributed by atoms with van der Waals surface area (Å²) >= 11 is 0. The lowest BCUT2D eigenvalue weighted by Crippen LogP contribution is -2.35. The number of hydrogen-bond donors (Lipinski definition) is 1. The van der Waals surface area contributed by atoms with Gasteiger partial charge in [-0.05, 0) is 19.3 Å². The van der Waals surface area contributed by atoms with Gasteiger partial charge in [-0.3, -0.25) is 4.90 Å². The summed E-state index contributed by atoms with van der Waals surface area (Å²) in [6, 6.07) is 0.